The number of morpholine rings is 1. The van der Waals surface area contributed by atoms with Gasteiger partial charge in [-0.1, -0.05) is 24.3 Å². The Balaban J connectivity index is 1.26. The third kappa shape index (κ3) is 4.55. The van der Waals surface area contributed by atoms with Crippen molar-refractivity contribution in [1.82, 2.24) is 24.6 Å². The fourth-order valence-corrected chi connectivity index (χ4v) is 4.89. The van der Waals surface area contributed by atoms with Crippen LogP contribution in [0.2, 0.25) is 0 Å². The van der Waals surface area contributed by atoms with Gasteiger partial charge in [0.15, 0.2) is 0 Å². The van der Waals surface area contributed by atoms with E-state index in [0.717, 1.165) is 60.2 Å². The molecule has 2 aromatic carbocycles. The molecule has 2 aromatic heterocycles. The van der Waals surface area contributed by atoms with Crippen molar-refractivity contribution in [2.24, 2.45) is 0 Å². The van der Waals surface area contributed by atoms with E-state index in [1.807, 2.05) is 35.0 Å². The van der Waals surface area contributed by atoms with E-state index in [9.17, 15) is 4.39 Å². The molecule has 2 aliphatic rings. The van der Waals surface area contributed by atoms with Crippen molar-refractivity contribution >= 4 is 17.5 Å². The number of nitrogens with zero attached hydrogens (tertiary/aromatic N) is 6. The highest BCUT2D eigenvalue weighted by Crippen LogP contribution is 2.34. The van der Waals surface area contributed by atoms with Gasteiger partial charge in [0, 0.05) is 49.2 Å². The van der Waals surface area contributed by atoms with Crippen LogP contribution in [0.5, 0.6) is 0 Å². The number of benzene rings is 2. The van der Waals surface area contributed by atoms with Crippen LogP contribution in [0.3, 0.4) is 0 Å². The maximum absolute atomic E-state index is 14.8. The Bertz CT molecular complexity index is 1380. The Morgan fingerprint density at radius 1 is 1.03 bits per heavy atom. The molecule has 6 rings (SSSR count). The van der Waals surface area contributed by atoms with Crippen LogP contribution in [0, 0.1) is 5.82 Å². The number of halogens is 1. The molecule has 0 atom stereocenters. The number of rotatable bonds is 6. The molecular formula is C27H28FN7O. The standard InChI is InChI=1S/C27H28FN7O/c1-33-17-22-24(18-33)32-35(26(22)21-7-2-3-8-23(21)28)16-19-5-4-6-20(15-19)30-25-9-10-29-27(31-25)34-11-13-36-14-12-34/h2-10,15H,11-14,16-18H2,1H3,(H,29,30,31). The van der Waals surface area contributed by atoms with Gasteiger partial charge >= 0.3 is 0 Å². The average molecular weight is 486 g/mol. The van der Waals surface area contributed by atoms with Crippen molar-refractivity contribution in [2.45, 2.75) is 19.6 Å². The summed E-state index contributed by atoms with van der Waals surface area (Å²) in [6.45, 7) is 5.01. The van der Waals surface area contributed by atoms with Gasteiger partial charge in [0.25, 0.3) is 0 Å². The van der Waals surface area contributed by atoms with E-state index in [1.165, 1.54) is 6.07 Å². The summed E-state index contributed by atoms with van der Waals surface area (Å²) in [5.74, 6) is 1.20. The summed E-state index contributed by atoms with van der Waals surface area (Å²) in [6.07, 6.45) is 1.77. The van der Waals surface area contributed by atoms with Gasteiger partial charge in [-0.15, -0.1) is 0 Å². The second-order valence-corrected chi connectivity index (χ2v) is 9.25. The lowest BCUT2D eigenvalue weighted by atomic mass is 10.1. The first-order valence-electron chi connectivity index (χ1n) is 12.2. The topological polar surface area (TPSA) is 71.3 Å². The van der Waals surface area contributed by atoms with Gasteiger partial charge in [0.05, 0.1) is 31.1 Å². The molecule has 2 aliphatic heterocycles. The first-order chi connectivity index (χ1) is 17.6. The highest BCUT2D eigenvalue weighted by Gasteiger charge is 2.27. The van der Waals surface area contributed by atoms with Gasteiger partial charge in [-0.2, -0.15) is 10.1 Å². The lowest BCUT2D eigenvalue weighted by Crippen LogP contribution is -2.37. The molecule has 184 valence electrons. The predicted molar refractivity (Wildman–Crippen MR) is 137 cm³/mol. The number of fused-ring (bicyclic) bond motifs is 1. The van der Waals surface area contributed by atoms with Crippen LogP contribution in [-0.2, 0) is 24.4 Å². The smallest absolute Gasteiger partial charge is 0.227 e. The summed E-state index contributed by atoms with van der Waals surface area (Å²) in [6, 6.07) is 17.0. The van der Waals surface area contributed by atoms with E-state index in [4.69, 9.17) is 14.8 Å². The second-order valence-electron chi connectivity index (χ2n) is 9.25. The minimum atomic E-state index is -0.230. The van der Waals surface area contributed by atoms with E-state index < -0.39 is 0 Å². The minimum absolute atomic E-state index is 0.230. The first kappa shape index (κ1) is 22.6. The fraction of sp³-hybridized carbons (Fsp3) is 0.296. The molecule has 0 amide bonds. The molecule has 0 unspecified atom stereocenters. The molecule has 1 fully saturated rings. The first-order valence-corrected chi connectivity index (χ1v) is 12.2. The zero-order valence-electron chi connectivity index (χ0n) is 20.2. The molecular weight excluding hydrogens is 457 g/mol. The summed E-state index contributed by atoms with van der Waals surface area (Å²) in [5.41, 5.74) is 5.56. The second kappa shape index (κ2) is 9.67. The Labute approximate surface area is 209 Å². The zero-order chi connectivity index (χ0) is 24.5. The number of hydrogen-bond donors (Lipinski definition) is 1. The van der Waals surface area contributed by atoms with Crippen LogP contribution in [0.1, 0.15) is 16.8 Å². The molecule has 36 heavy (non-hydrogen) atoms. The average Bonchev–Trinajstić information content (AvgIpc) is 3.40. The summed E-state index contributed by atoms with van der Waals surface area (Å²) >= 11 is 0. The maximum atomic E-state index is 14.8. The molecule has 0 aliphatic carbocycles. The molecule has 0 saturated carbocycles. The Morgan fingerprint density at radius 3 is 2.75 bits per heavy atom. The van der Waals surface area contributed by atoms with E-state index in [1.54, 1.807) is 12.3 Å². The van der Waals surface area contributed by atoms with Crippen LogP contribution in [0.15, 0.2) is 60.8 Å². The molecule has 4 aromatic rings. The van der Waals surface area contributed by atoms with Crippen LogP contribution >= 0.6 is 0 Å². The predicted octanol–water partition coefficient (Wildman–Crippen LogP) is 4.05. The molecule has 4 heterocycles. The SMILES string of the molecule is CN1Cc2nn(Cc3cccc(Nc4ccnc(N5CCOCC5)n4)c3)c(-c3ccccc3F)c2C1. The van der Waals surface area contributed by atoms with Gasteiger partial charge < -0.3 is 15.0 Å². The van der Waals surface area contributed by atoms with Gasteiger partial charge in [-0.05, 0) is 42.9 Å². The van der Waals surface area contributed by atoms with E-state index in [2.05, 4.69) is 39.3 Å². The van der Waals surface area contributed by atoms with Gasteiger partial charge in [0.1, 0.15) is 11.6 Å². The van der Waals surface area contributed by atoms with Gasteiger partial charge in [-0.3, -0.25) is 9.58 Å². The highest BCUT2D eigenvalue weighted by atomic mass is 19.1. The Kier molecular flexibility index (Phi) is 6.08. The van der Waals surface area contributed by atoms with Crippen molar-refractivity contribution in [3.8, 4) is 11.3 Å². The van der Waals surface area contributed by atoms with Crippen molar-refractivity contribution in [1.29, 1.82) is 0 Å². The molecule has 1 N–H and O–H groups in total. The van der Waals surface area contributed by atoms with Crippen LogP contribution < -0.4 is 10.2 Å². The zero-order valence-corrected chi connectivity index (χ0v) is 20.2. The van der Waals surface area contributed by atoms with Crippen molar-refractivity contribution < 1.29 is 9.13 Å². The van der Waals surface area contributed by atoms with Crippen molar-refractivity contribution in [3.63, 3.8) is 0 Å². The van der Waals surface area contributed by atoms with Crippen molar-refractivity contribution in [2.75, 3.05) is 43.6 Å². The number of ether oxygens (including phenoxy) is 1. The third-order valence-electron chi connectivity index (χ3n) is 6.58. The van der Waals surface area contributed by atoms with Crippen LogP contribution in [0.4, 0.5) is 21.8 Å². The summed E-state index contributed by atoms with van der Waals surface area (Å²) in [4.78, 5) is 13.4. The summed E-state index contributed by atoms with van der Waals surface area (Å²) in [5, 5.41) is 8.29. The molecule has 0 spiro atoms. The quantitative estimate of drug-likeness (QED) is 0.442. The molecule has 8 nitrogen and oxygen atoms in total. The van der Waals surface area contributed by atoms with E-state index in [-0.39, 0.29) is 5.82 Å². The fourth-order valence-electron chi connectivity index (χ4n) is 4.89. The largest absolute Gasteiger partial charge is 0.378 e. The summed E-state index contributed by atoms with van der Waals surface area (Å²) in [7, 11) is 2.06. The molecule has 0 bridgehead atoms. The van der Waals surface area contributed by atoms with Crippen LogP contribution in [0.25, 0.3) is 11.3 Å². The Morgan fingerprint density at radius 2 is 1.89 bits per heavy atom. The number of aromatic nitrogens is 4. The molecule has 0 radical (unpaired) electrons. The highest BCUT2D eigenvalue weighted by molar-refractivity contribution is 5.66. The van der Waals surface area contributed by atoms with E-state index in [0.29, 0.717) is 31.3 Å². The number of nitrogens with one attached hydrogen (secondary N) is 1. The maximum Gasteiger partial charge on any atom is 0.227 e. The summed E-state index contributed by atoms with van der Waals surface area (Å²) < 4.78 is 22.2. The number of anilines is 3. The monoisotopic (exact) mass is 485 g/mol. The lowest BCUT2D eigenvalue weighted by Gasteiger charge is -2.26. The molecule has 1 saturated heterocycles. The van der Waals surface area contributed by atoms with Crippen molar-refractivity contribution in [3.05, 3.63) is 83.4 Å². The molecule has 9 heteroatoms. The van der Waals surface area contributed by atoms with E-state index >= 15 is 0 Å². The third-order valence-corrected chi connectivity index (χ3v) is 6.58. The Hall–Kier alpha value is -3.82. The number of hydrogen-bond acceptors (Lipinski definition) is 7. The van der Waals surface area contributed by atoms with Gasteiger partial charge in [-0.25, -0.2) is 9.37 Å². The lowest BCUT2D eigenvalue weighted by molar-refractivity contribution is 0.122. The minimum Gasteiger partial charge on any atom is -0.378 e. The normalized spacial score (nSPS) is 15.8. The van der Waals surface area contributed by atoms with Crippen LogP contribution in [-0.4, -0.2) is 58.0 Å². The van der Waals surface area contributed by atoms with Gasteiger partial charge in [0.2, 0.25) is 5.95 Å².